The Hall–Kier alpha value is -1.20. The largest absolute Gasteiger partial charge is 0.481 e. The molecule has 0 spiro atoms. The van der Waals surface area contributed by atoms with Gasteiger partial charge in [0.05, 0.1) is 11.4 Å². The van der Waals surface area contributed by atoms with Crippen molar-refractivity contribution in [3.05, 3.63) is 34.4 Å². The lowest BCUT2D eigenvalue weighted by Crippen LogP contribution is -2.18. The second-order valence-corrected chi connectivity index (χ2v) is 3.37. The van der Waals surface area contributed by atoms with Gasteiger partial charge in [0.25, 0.3) is 0 Å². The third kappa shape index (κ3) is 2.64. The average Bonchev–Trinajstić information content (AvgIpc) is 2.11. The summed E-state index contributed by atoms with van der Waals surface area (Å²) in [7, 11) is 0. The van der Waals surface area contributed by atoms with E-state index in [2.05, 4.69) is 0 Å². The minimum Gasteiger partial charge on any atom is -0.481 e. The van der Waals surface area contributed by atoms with Crippen LogP contribution in [0.5, 0.6) is 0 Å². The zero-order valence-electron chi connectivity index (χ0n) is 7.51. The Morgan fingerprint density at radius 1 is 1.53 bits per heavy atom. The lowest BCUT2D eigenvalue weighted by molar-refractivity contribution is -0.137. The van der Waals surface area contributed by atoms with Crippen molar-refractivity contribution in [3.8, 4) is 0 Å². The number of carbonyl (C=O) groups is 1. The van der Waals surface area contributed by atoms with Gasteiger partial charge in [0.15, 0.2) is 0 Å². The van der Waals surface area contributed by atoms with Crippen LogP contribution < -0.4 is 5.73 Å². The minimum atomic E-state index is -1.25. The molecule has 0 saturated heterocycles. The number of benzene rings is 1. The smallest absolute Gasteiger partial charge is 0.305 e. The molecule has 0 amide bonds. The highest BCUT2D eigenvalue weighted by Gasteiger charge is 2.21. The van der Waals surface area contributed by atoms with Crippen molar-refractivity contribution in [1.29, 1.82) is 0 Å². The van der Waals surface area contributed by atoms with Crippen molar-refractivity contribution >= 4 is 17.6 Å². The summed E-state index contributed by atoms with van der Waals surface area (Å²) in [4.78, 5) is 10.3. The monoisotopic (exact) mass is 235 g/mol. The van der Waals surface area contributed by atoms with Gasteiger partial charge in [-0.15, -0.1) is 0 Å². The topological polar surface area (TPSA) is 63.3 Å². The van der Waals surface area contributed by atoms with Gasteiger partial charge in [-0.1, -0.05) is 11.6 Å². The second-order valence-electron chi connectivity index (χ2n) is 2.96. The van der Waals surface area contributed by atoms with Crippen LogP contribution in [-0.2, 0) is 4.79 Å². The molecule has 15 heavy (non-hydrogen) atoms. The van der Waals surface area contributed by atoms with Crippen molar-refractivity contribution in [2.24, 2.45) is 5.73 Å². The second kappa shape index (κ2) is 4.55. The molecule has 1 rings (SSSR count). The van der Waals surface area contributed by atoms with Crippen molar-refractivity contribution in [1.82, 2.24) is 0 Å². The van der Waals surface area contributed by atoms with E-state index < -0.39 is 35.6 Å². The summed E-state index contributed by atoms with van der Waals surface area (Å²) in [5.41, 5.74) is 4.85. The van der Waals surface area contributed by atoms with Gasteiger partial charge in [0.1, 0.15) is 11.6 Å². The number of hydrogen-bond donors (Lipinski definition) is 2. The number of rotatable bonds is 3. The van der Waals surface area contributed by atoms with Crippen LogP contribution >= 0.6 is 11.6 Å². The number of hydrogen-bond acceptors (Lipinski definition) is 2. The number of nitrogens with two attached hydrogens (primary N) is 1. The third-order valence-corrected chi connectivity index (χ3v) is 2.14. The van der Waals surface area contributed by atoms with Crippen LogP contribution in [0.15, 0.2) is 12.1 Å². The predicted molar refractivity (Wildman–Crippen MR) is 50.5 cm³/mol. The Morgan fingerprint density at radius 2 is 2.13 bits per heavy atom. The maximum Gasteiger partial charge on any atom is 0.305 e. The van der Waals surface area contributed by atoms with E-state index in [1.165, 1.54) is 0 Å². The number of halogens is 3. The molecule has 0 fully saturated rings. The van der Waals surface area contributed by atoms with Crippen LogP contribution in [0.2, 0.25) is 5.02 Å². The van der Waals surface area contributed by atoms with E-state index in [1.807, 2.05) is 0 Å². The lowest BCUT2D eigenvalue weighted by Gasteiger charge is -2.12. The van der Waals surface area contributed by atoms with Gasteiger partial charge < -0.3 is 10.8 Å². The Labute approximate surface area is 89.5 Å². The van der Waals surface area contributed by atoms with E-state index in [4.69, 9.17) is 22.4 Å². The van der Waals surface area contributed by atoms with Gasteiger partial charge in [0, 0.05) is 11.6 Å². The summed E-state index contributed by atoms with van der Waals surface area (Å²) >= 11 is 5.42. The van der Waals surface area contributed by atoms with Crippen LogP contribution in [0.3, 0.4) is 0 Å². The molecule has 1 aromatic carbocycles. The molecule has 0 aliphatic heterocycles. The fourth-order valence-corrected chi connectivity index (χ4v) is 1.34. The van der Waals surface area contributed by atoms with Crippen LogP contribution in [0.25, 0.3) is 0 Å². The quantitative estimate of drug-likeness (QED) is 0.789. The molecule has 0 aliphatic rings. The van der Waals surface area contributed by atoms with E-state index in [0.717, 1.165) is 12.1 Å². The Kier molecular flexibility index (Phi) is 3.60. The number of carboxylic acid groups (broad SMARTS) is 1. The number of aliphatic carboxylic acids is 1. The Morgan fingerprint density at radius 3 is 2.67 bits per heavy atom. The fourth-order valence-electron chi connectivity index (χ4n) is 1.17. The molecule has 0 saturated carbocycles. The Bertz CT molecular complexity index is 398. The molecule has 0 aromatic heterocycles. The zero-order chi connectivity index (χ0) is 11.6. The van der Waals surface area contributed by atoms with Crippen molar-refractivity contribution in [3.63, 3.8) is 0 Å². The summed E-state index contributed by atoms with van der Waals surface area (Å²) < 4.78 is 26.5. The summed E-state index contributed by atoms with van der Waals surface area (Å²) in [5.74, 6) is -3.14. The first kappa shape index (κ1) is 11.9. The minimum absolute atomic E-state index is 0.285. The van der Waals surface area contributed by atoms with Crippen LogP contribution in [0.1, 0.15) is 18.0 Å². The van der Waals surface area contributed by atoms with Crippen LogP contribution in [-0.4, -0.2) is 11.1 Å². The number of carboxylic acids is 1. The van der Waals surface area contributed by atoms with Gasteiger partial charge in [-0.2, -0.15) is 0 Å². The molecule has 0 aliphatic carbocycles. The predicted octanol–water partition coefficient (Wildman–Crippen LogP) is 2.09. The van der Waals surface area contributed by atoms with Crippen LogP contribution in [0, 0.1) is 11.6 Å². The van der Waals surface area contributed by atoms with Crippen molar-refractivity contribution in [2.75, 3.05) is 0 Å². The first-order valence-electron chi connectivity index (χ1n) is 4.04. The molecule has 0 heterocycles. The lowest BCUT2D eigenvalue weighted by atomic mass is 10.0. The van der Waals surface area contributed by atoms with Crippen LogP contribution in [0.4, 0.5) is 8.78 Å². The molecule has 1 unspecified atom stereocenters. The molecular weight excluding hydrogens is 228 g/mol. The third-order valence-electron chi connectivity index (χ3n) is 1.84. The summed E-state index contributed by atoms with van der Waals surface area (Å²) in [6, 6.07) is 0.743. The first-order chi connectivity index (χ1) is 6.93. The summed E-state index contributed by atoms with van der Waals surface area (Å²) in [6.07, 6.45) is -0.561. The Balaban J connectivity index is 3.12. The summed E-state index contributed by atoms with van der Waals surface area (Å²) in [5, 5.41) is 8.15. The van der Waals surface area contributed by atoms with Crippen molar-refractivity contribution < 1.29 is 18.7 Å². The summed E-state index contributed by atoms with van der Waals surface area (Å²) in [6.45, 7) is 0. The van der Waals surface area contributed by atoms with E-state index in [9.17, 15) is 13.6 Å². The first-order valence-corrected chi connectivity index (χ1v) is 4.42. The van der Waals surface area contributed by atoms with E-state index in [1.54, 1.807) is 0 Å². The SMILES string of the molecule is NC(CC(=O)O)c1c(F)ccc(Cl)c1F. The molecule has 1 aromatic rings. The van der Waals surface area contributed by atoms with Gasteiger partial charge >= 0.3 is 5.97 Å². The molecular formula is C9H8ClF2NO2. The van der Waals surface area contributed by atoms with E-state index in [0.29, 0.717) is 0 Å². The van der Waals surface area contributed by atoms with Crippen molar-refractivity contribution in [2.45, 2.75) is 12.5 Å². The molecule has 3 nitrogen and oxygen atoms in total. The highest BCUT2D eigenvalue weighted by Crippen LogP contribution is 2.26. The van der Waals surface area contributed by atoms with E-state index in [-0.39, 0.29) is 5.02 Å². The zero-order valence-corrected chi connectivity index (χ0v) is 8.26. The molecule has 0 bridgehead atoms. The van der Waals surface area contributed by atoms with E-state index >= 15 is 0 Å². The highest BCUT2D eigenvalue weighted by atomic mass is 35.5. The maximum atomic E-state index is 13.3. The molecule has 1 atom stereocenters. The van der Waals surface area contributed by atoms with Gasteiger partial charge in [-0.05, 0) is 12.1 Å². The average molecular weight is 236 g/mol. The standard InChI is InChI=1S/C9H8ClF2NO2/c10-4-1-2-5(11)8(9(4)12)6(13)3-7(14)15/h1-2,6H,3,13H2,(H,14,15). The fraction of sp³-hybridized carbons (Fsp3) is 0.222. The van der Waals surface area contributed by atoms with Gasteiger partial charge in [-0.25, -0.2) is 8.78 Å². The maximum absolute atomic E-state index is 13.3. The van der Waals surface area contributed by atoms with Gasteiger partial charge in [0.2, 0.25) is 0 Å². The van der Waals surface area contributed by atoms with Gasteiger partial charge in [-0.3, -0.25) is 4.79 Å². The molecule has 82 valence electrons. The highest BCUT2D eigenvalue weighted by molar-refractivity contribution is 6.30. The molecule has 0 radical (unpaired) electrons. The molecule has 3 N–H and O–H groups in total. The molecule has 6 heteroatoms. The normalized spacial score (nSPS) is 12.5.